The van der Waals surface area contributed by atoms with E-state index in [9.17, 15) is 27.9 Å². The van der Waals surface area contributed by atoms with Crippen LogP contribution in [0.3, 0.4) is 0 Å². The highest BCUT2D eigenvalue weighted by Crippen LogP contribution is 2.39. The number of rotatable bonds is 1. The van der Waals surface area contributed by atoms with Crippen LogP contribution in [0.5, 0.6) is 5.75 Å². The van der Waals surface area contributed by atoms with Crippen molar-refractivity contribution in [2.24, 2.45) is 0 Å². The van der Waals surface area contributed by atoms with E-state index in [-0.39, 0.29) is 5.69 Å². The number of amides is 1. The summed E-state index contributed by atoms with van der Waals surface area (Å²) in [6.45, 7) is 0. The van der Waals surface area contributed by atoms with Gasteiger partial charge in [-0.25, -0.2) is 13.2 Å². The largest absolute Gasteiger partial charge is 0.502 e. The van der Waals surface area contributed by atoms with Crippen LogP contribution < -0.4 is 10.4 Å². The maximum absolute atomic E-state index is 14.5. The highest BCUT2D eigenvalue weighted by Gasteiger charge is 2.43. The van der Waals surface area contributed by atoms with Crippen LogP contribution in [-0.4, -0.2) is 33.8 Å². The molecule has 9 heteroatoms. The number of carbonyl (C=O) groups excluding carboxylic acids is 1. The van der Waals surface area contributed by atoms with Crippen LogP contribution in [0, 0.1) is 17.5 Å². The first-order valence-corrected chi connectivity index (χ1v) is 10.5. The molecule has 2 aromatic carbocycles. The average molecular weight is 455 g/mol. The van der Waals surface area contributed by atoms with E-state index in [1.54, 1.807) is 24.2 Å². The lowest BCUT2D eigenvalue weighted by atomic mass is 9.88. The maximum Gasteiger partial charge on any atom is 0.277 e. The zero-order valence-corrected chi connectivity index (χ0v) is 17.6. The molecular formula is C24H20F3N3O3. The van der Waals surface area contributed by atoms with Gasteiger partial charge in [0.25, 0.3) is 5.91 Å². The van der Waals surface area contributed by atoms with Crippen molar-refractivity contribution in [2.75, 3.05) is 12.1 Å². The molecule has 0 bridgehead atoms. The SMILES string of the molecule is CN1C(=O)c2c(O)c(=O)ccn2N2[C@H](c3ccc(F)cc3)c3cc(F)c(F)cc3CCC[C@@H]12. The fraction of sp³-hybridized carbons (Fsp3) is 0.250. The van der Waals surface area contributed by atoms with Crippen molar-refractivity contribution in [2.45, 2.75) is 31.5 Å². The molecule has 2 aliphatic rings. The summed E-state index contributed by atoms with van der Waals surface area (Å²) in [5, 5.41) is 12.2. The minimum atomic E-state index is -1.03. The molecular weight excluding hydrogens is 435 g/mol. The van der Waals surface area contributed by atoms with E-state index >= 15 is 0 Å². The fourth-order valence-electron chi connectivity index (χ4n) is 4.82. The summed E-state index contributed by atoms with van der Waals surface area (Å²) in [6.07, 6.45) is 2.38. The fourth-order valence-corrected chi connectivity index (χ4v) is 4.82. The molecule has 6 nitrogen and oxygen atoms in total. The molecule has 1 N–H and O–H groups in total. The van der Waals surface area contributed by atoms with Crippen molar-refractivity contribution in [1.29, 1.82) is 0 Å². The molecule has 2 atom stereocenters. The Kier molecular flexibility index (Phi) is 4.92. The molecule has 0 unspecified atom stereocenters. The van der Waals surface area contributed by atoms with Crippen LogP contribution in [-0.2, 0) is 6.42 Å². The Balaban J connectivity index is 1.84. The van der Waals surface area contributed by atoms with E-state index < -0.39 is 46.7 Å². The molecule has 33 heavy (non-hydrogen) atoms. The number of carbonyl (C=O) groups is 1. The van der Waals surface area contributed by atoms with Gasteiger partial charge >= 0.3 is 0 Å². The molecule has 2 aliphatic heterocycles. The number of halogens is 3. The van der Waals surface area contributed by atoms with E-state index in [2.05, 4.69) is 0 Å². The number of hydrogen-bond acceptors (Lipinski definition) is 4. The lowest BCUT2D eigenvalue weighted by molar-refractivity contribution is 0.0600. The van der Waals surface area contributed by atoms with Gasteiger partial charge < -0.3 is 10.0 Å². The number of nitrogens with zero attached hydrogens (tertiary/aromatic N) is 3. The van der Waals surface area contributed by atoms with Gasteiger partial charge in [0.05, 0.1) is 6.04 Å². The smallest absolute Gasteiger partial charge is 0.277 e. The Hall–Kier alpha value is -3.75. The van der Waals surface area contributed by atoms with E-state index in [1.165, 1.54) is 34.0 Å². The van der Waals surface area contributed by atoms with Gasteiger partial charge in [0, 0.05) is 19.3 Å². The lowest BCUT2D eigenvalue weighted by Gasteiger charge is -2.50. The summed E-state index contributed by atoms with van der Waals surface area (Å²) in [4.78, 5) is 26.6. The van der Waals surface area contributed by atoms with Crippen LogP contribution in [0.1, 0.15) is 46.1 Å². The Bertz CT molecular complexity index is 1320. The molecule has 1 aromatic heterocycles. The predicted octanol–water partition coefficient (Wildman–Crippen LogP) is 3.45. The minimum Gasteiger partial charge on any atom is -0.502 e. The van der Waals surface area contributed by atoms with Gasteiger partial charge in [0.15, 0.2) is 23.1 Å². The number of pyridine rings is 1. The second-order valence-electron chi connectivity index (χ2n) is 8.31. The zero-order valence-electron chi connectivity index (χ0n) is 17.6. The summed E-state index contributed by atoms with van der Waals surface area (Å²) in [5.41, 5.74) is 0.686. The average Bonchev–Trinajstić information content (AvgIpc) is 2.78. The molecule has 170 valence electrons. The molecule has 3 aromatic rings. The maximum atomic E-state index is 14.5. The van der Waals surface area contributed by atoms with E-state index in [4.69, 9.17) is 0 Å². The summed E-state index contributed by atoms with van der Waals surface area (Å²) in [6, 6.07) is 8.29. The first-order chi connectivity index (χ1) is 15.8. The molecule has 0 fully saturated rings. The number of benzene rings is 2. The Morgan fingerprint density at radius 3 is 2.42 bits per heavy atom. The summed E-state index contributed by atoms with van der Waals surface area (Å²) in [7, 11) is 1.57. The van der Waals surface area contributed by atoms with Gasteiger partial charge in [-0.3, -0.25) is 19.3 Å². The number of aromatic nitrogens is 1. The molecule has 0 aliphatic carbocycles. The number of fused-ring (bicyclic) bond motifs is 4. The van der Waals surface area contributed by atoms with Crippen molar-refractivity contribution in [1.82, 2.24) is 9.58 Å². The van der Waals surface area contributed by atoms with Crippen molar-refractivity contribution in [3.63, 3.8) is 0 Å². The van der Waals surface area contributed by atoms with E-state index in [0.29, 0.717) is 36.0 Å². The van der Waals surface area contributed by atoms with Crippen LogP contribution >= 0.6 is 0 Å². The van der Waals surface area contributed by atoms with Gasteiger partial charge in [0.1, 0.15) is 12.0 Å². The second-order valence-corrected chi connectivity index (χ2v) is 8.31. The third kappa shape index (κ3) is 3.26. The van der Waals surface area contributed by atoms with Gasteiger partial charge in [-0.05, 0) is 60.2 Å². The van der Waals surface area contributed by atoms with Crippen molar-refractivity contribution in [3.8, 4) is 5.75 Å². The van der Waals surface area contributed by atoms with Crippen LogP contribution in [0.2, 0.25) is 0 Å². The molecule has 0 spiro atoms. The molecule has 0 saturated heterocycles. The number of aromatic hydroxyl groups is 1. The molecule has 0 radical (unpaired) electrons. The molecule has 0 saturated carbocycles. The molecule has 1 amide bonds. The highest BCUT2D eigenvalue weighted by molar-refractivity contribution is 5.96. The second kappa shape index (κ2) is 7.68. The quantitative estimate of drug-likeness (QED) is 0.611. The number of aryl methyl sites for hydroxylation is 1. The van der Waals surface area contributed by atoms with Crippen LogP contribution in [0.15, 0.2) is 53.5 Å². The van der Waals surface area contributed by atoms with Gasteiger partial charge in [0.2, 0.25) is 5.43 Å². The Morgan fingerprint density at radius 1 is 1.00 bits per heavy atom. The van der Waals surface area contributed by atoms with Gasteiger partial charge in [-0.15, -0.1) is 0 Å². The predicted molar refractivity (Wildman–Crippen MR) is 114 cm³/mol. The summed E-state index contributed by atoms with van der Waals surface area (Å²) in [5.74, 6) is -3.67. The standard InChI is InChI=1S/C24H20F3N3O3/c1-28-20-4-2-3-14-11-17(26)18(27)12-16(14)21(13-5-7-15(25)8-6-13)30(20)29-10-9-19(31)23(32)22(29)24(28)33/h5-12,20-21,32H,2-4H2,1H3/t20-,21+/m0/s1. The summed E-state index contributed by atoms with van der Waals surface area (Å²) >= 11 is 0. The van der Waals surface area contributed by atoms with Crippen LogP contribution in [0.25, 0.3) is 0 Å². The topological polar surface area (TPSA) is 65.8 Å². The van der Waals surface area contributed by atoms with Crippen molar-refractivity contribution >= 4 is 5.91 Å². The number of hydrogen-bond donors (Lipinski definition) is 1. The van der Waals surface area contributed by atoms with Crippen LogP contribution in [0.4, 0.5) is 13.2 Å². The van der Waals surface area contributed by atoms with Gasteiger partial charge in [-0.2, -0.15) is 0 Å². The Morgan fingerprint density at radius 2 is 1.70 bits per heavy atom. The van der Waals surface area contributed by atoms with E-state index in [1.807, 2.05) is 0 Å². The first kappa shape index (κ1) is 21.1. The van der Waals surface area contributed by atoms with Crippen molar-refractivity contribution in [3.05, 3.63) is 98.7 Å². The third-order valence-electron chi connectivity index (χ3n) is 6.41. The molecule has 5 rings (SSSR count). The Labute approximate surface area is 187 Å². The summed E-state index contributed by atoms with van der Waals surface area (Å²) < 4.78 is 43.7. The monoisotopic (exact) mass is 455 g/mol. The highest BCUT2D eigenvalue weighted by atomic mass is 19.2. The third-order valence-corrected chi connectivity index (χ3v) is 6.41. The van der Waals surface area contributed by atoms with Gasteiger partial charge in [-0.1, -0.05) is 12.1 Å². The van der Waals surface area contributed by atoms with E-state index in [0.717, 1.165) is 12.1 Å². The molecule has 3 heterocycles. The zero-order chi connectivity index (χ0) is 23.4. The normalized spacial score (nSPS) is 19.9. The lowest BCUT2D eigenvalue weighted by Crippen LogP contribution is -2.61. The first-order valence-electron chi connectivity index (χ1n) is 10.5. The minimum absolute atomic E-state index is 0.224. The van der Waals surface area contributed by atoms with Crippen molar-refractivity contribution < 1.29 is 23.1 Å².